The second-order valence-electron chi connectivity index (χ2n) is 6.66. The van der Waals surface area contributed by atoms with Gasteiger partial charge < -0.3 is 15.1 Å². The predicted molar refractivity (Wildman–Crippen MR) is 104 cm³/mol. The van der Waals surface area contributed by atoms with E-state index in [1.165, 1.54) is 5.56 Å². The highest BCUT2D eigenvalue weighted by Crippen LogP contribution is 2.32. The van der Waals surface area contributed by atoms with Crippen molar-refractivity contribution in [1.82, 2.24) is 18.9 Å². The molecular weight excluding hydrogens is 340 g/mol. The van der Waals surface area contributed by atoms with Gasteiger partial charge in [-0.2, -0.15) is 0 Å². The van der Waals surface area contributed by atoms with Crippen LogP contribution >= 0.6 is 0 Å². The number of imidazole rings is 1. The molecule has 0 fully saturated rings. The number of fused-ring (bicyclic) bond motifs is 2. The summed E-state index contributed by atoms with van der Waals surface area (Å²) in [7, 11) is 2.01. The fourth-order valence-corrected chi connectivity index (χ4v) is 3.70. The van der Waals surface area contributed by atoms with Crippen molar-refractivity contribution in [2.45, 2.75) is 12.8 Å². The van der Waals surface area contributed by atoms with E-state index in [1.54, 1.807) is 12.4 Å². The van der Waals surface area contributed by atoms with Crippen LogP contribution in [0.2, 0.25) is 0 Å². The Labute approximate surface area is 155 Å². The first kappa shape index (κ1) is 15.6. The molecule has 5 rings (SSSR count). The lowest BCUT2D eigenvalue weighted by atomic mass is 10.1. The molecule has 2 N–H and O–H groups in total. The minimum absolute atomic E-state index is 0.752. The van der Waals surface area contributed by atoms with Crippen LogP contribution in [0.4, 0.5) is 11.5 Å². The van der Waals surface area contributed by atoms with Crippen molar-refractivity contribution in [3.05, 3.63) is 66.2 Å². The first-order chi connectivity index (χ1) is 13.2. The molecule has 27 heavy (non-hydrogen) atoms. The summed E-state index contributed by atoms with van der Waals surface area (Å²) in [6, 6.07) is 10.2. The van der Waals surface area contributed by atoms with Crippen LogP contribution in [-0.4, -0.2) is 29.9 Å². The Morgan fingerprint density at radius 1 is 1.19 bits per heavy atom. The first-order valence-corrected chi connectivity index (χ1v) is 8.79. The van der Waals surface area contributed by atoms with Gasteiger partial charge in [-0.15, -0.1) is 0 Å². The van der Waals surface area contributed by atoms with Gasteiger partial charge in [-0.3, -0.25) is 9.38 Å². The Morgan fingerprint density at radius 2 is 2.11 bits per heavy atom. The fraction of sp³-hybridized carbons (Fsp3) is 0.150. The van der Waals surface area contributed by atoms with E-state index in [9.17, 15) is 0 Å². The SMILES string of the molecule is Cn1cccc1-c1nc2cnccn2c1Nc1ccc2c(c1)CC/C2=N\O. The highest BCUT2D eigenvalue weighted by molar-refractivity contribution is 6.04. The maximum absolute atomic E-state index is 9.13. The molecule has 134 valence electrons. The topological polar surface area (TPSA) is 79.7 Å². The third kappa shape index (κ3) is 2.47. The lowest BCUT2D eigenvalue weighted by molar-refractivity contribution is 0.318. The van der Waals surface area contributed by atoms with E-state index in [2.05, 4.69) is 21.5 Å². The van der Waals surface area contributed by atoms with Crippen LogP contribution in [0, 0.1) is 0 Å². The molecule has 1 aliphatic rings. The summed E-state index contributed by atoms with van der Waals surface area (Å²) in [4.78, 5) is 8.96. The molecule has 0 amide bonds. The van der Waals surface area contributed by atoms with Crippen LogP contribution in [0.5, 0.6) is 0 Å². The molecule has 0 spiro atoms. The smallest absolute Gasteiger partial charge is 0.157 e. The van der Waals surface area contributed by atoms with Crippen molar-refractivity contribution in [1.29, 1.82) is 0 Å². The van der Waals surface area contributed by atoms with Gasteiger partial charge in [-0.1, -0.05) is 11.2 Å². The van der Waals surface area contributed by atoms with E-state index < -0.39 is 0 Å². The maximum Gasteiger partial charge on any atom is 0.157 e. The number of nitrogens with one attached hydrogen (secondary N) is 1. The number of aryl methyl sites for hydroxylation is 2. The number of hydrogen-bond donors (Lipinski definition) is 2. The number of nitrogens with zero attached hydrogens (tertiary/aromatic N) is 5. The van der Waals surface area contributed by atoms with E-state index in [0.717, 1.165) is 52.7 Å². The summed E-state index contributed by atoms with van der Waals surface area (Å²) < 4.78 is 4.05. The lowest BCUT2D eigenvalue weighted by Gasteiger charge is -2.11. The van der Waals surface area contributed by atoms with Crippen LogP contribution in [0.3, 0.4) is 0 Å². The number of oxime groups is 1. The number of benzene rings is 1. The standard InChI is InChI=1S/C20H18N6O/c1-25-9-2-3-17(25)19-20(26-10-8-21-12-18(26)23-19)22-14-5-6-15-13(11-14)4-7-16(15)24-27/h2-3,5-6,8-12,22,27H,4,7H2,1H3/b24-16+. The van der Waals surface area contributed by atoms with E-state index in [-0.39, 0.29) is 0 Å². The van der Waals surface area contributed by atoms with Gasteiger partial charge in [-0.05, 0) is 42.7 Å². The maximum atomic E-state index is 9.13. The quantitative estimate of drug-likeness (QED) is 0.433. The third-order valence-electron chi connectivity index (χ3n) is 5.05. The molecule has 0 saturated carbocycles. The van der Waals surface area contributed by atoms with Crippen molar-refractivity contribution in [2.24, 2.45) is 12.2 Å². The Hall–Kier alpha value is -3.61. The molecule has 0 radical (unpaired) electrons. The summed E-state index contributed by atoms with van der Waals surface area (Å²) >= 11 is 0. The van der Waals surface area contributed by atoms with Crippen LogP contribution in [0.25, 0.3) is 17.0 Å². The van der Waals surface area contributed by atoms with Crippen LogP contribution in [0.15, 0.2) is 60.3 Å². The average Bonchev–Trinajstić information content (AvgIpc) is 3.38. The Kier molecular flexibility index (Phi) is 3.46. The summed E-state index contributed by atoms with van der Waals surface area (Å²) in [5.74, 6) is 0.892. The molecule has 0 unspecified atom stereocenters. The number of rotatable bonds is 3. The van der Waals surface area contributed by atoms with E-state index >= 15 is 0 Å². The van der Waals surface area contributed by atoms with Gasteiger partial charge in [0.15, 0.2) is 5.65 Å². The highest BCUT2D eigenvalue weighted by Gasteiger charge is 2.20. The van der Waals surface area contributed by atoms with Crippen LogP contribution in [0.1, 0.15) is 17.5 Å². The summed E-state index contributed by atoms with van der Waals surface area (Å²) in [6.07, 6.45) is 9.07. The van der Waals surface area contributed by atoms with Gasteiger partial charge >= 0.3 is 0 Å². The molecule has 0 saturated heterocycles. The van der Waals surface area contributed by atoms with Crippen molar-refractivity contribution in [3.8, 4) is 11.4 Å². The zero-order valence-electron chi connectivity index (χ0n) is 14.8. The summed E-state index contributed by atoms with van der Waals surface area (Å²) in [5, 5.41) is 16.1. The molecule has 1 aromatic carbocycles. The minimum Gasteiger partial charge on any atom is -0.411 e. The Bertz CT molecular complexity index is 1190. The average molecular weight is 358 g/mol. The molecule has 1 aliphatic carbocycles. The monoisotopic (exact) mass is 358 g/mol. The largest absolute Gasteiger partial charge is 0.411 e. The second-order valence-corrected chi connectivity index (χ2v) is 6.66. The molecular formula is C20H18N6O. The van der Waals surface area contributed by atoms with Crippen LogP contribution < -0.4 is 5.32 Å². The zero-order chi connectivity index (χ0) is 18.4. The van der Waals surface area contributed by atoms with Gasteiger partial charge in [0.05, 0.1) is 17.6 Å². The molecule has 0 aliphatic heterocycles. The number of hydrogen-bond acceptors (Lipinski definition) is 5. The van der Waals surface area contributed by atoms with E-state index in [0.29, 0.717) is 0 Å². The van der Waals surface area contributed by atoms with Gasteiger partial charge in [0.2, 0.25) is 0 Å². The van der Waals surface area contributed by atoms with Gasteiger partial charge in [-0.25, -0.2) is 4.98 Å². The fourth-order valence-electron chi connectivity index (χ4n) is 3.70. The first-order valence-electron chi connectivity index (χ1n) is 8.79. The van der Waals surface area contributed by atoms with Crippen molar-refractivity contribution in [3.63, 3.8) is 0 Å². The summed E-state index contributed by atoms with van der Waals surface area (Å²) in [5.41, 5.74) is 6.61. The Morgan fingerprint density at radius 3 is 2.93 bits per heavy atom. The normalized spacial score (nSPS) is 14.8. The molecule has 4 aromatic rings. The predicted octanol–water partition coefficient (Wildman–Crippen LogP) is 3.60. The molecule has 0 bridgehead atoms. The van der Waals surface area contributed by atoms with Crippen molar-refractivity contribution < 1.29 is 5.21 Å². The van der Waals surface area contributed by atoms with Gasteiger partial charge in [0.1, 0.15) is 11.5 Å². The van der Waals surface area contributed by atoms with Crippen molar-refractivity contribution in [2.75, 3.05) is 5.32 Å². The zero-order valence-corrected chi connectivity index (χ0v) is 14.8. The molecule has 3 heterocycles. The second kappa shape index (κ2) is 5.98. The van der Waals surface area contributed by atoms with E-state index in [4.69, 9.17) is 10.2 Å². The van der Waals surface area contributed by atoms with Crippen molar-refractivity contribution >= 4 is 22.9 Å². The third-order valence-corrected chi connectivity index (χ3v) is 5.05. The Balaban J connectivity index is 1.62. The molecule has 7 heteroatoms. The lowest BCUT2D eigenvalue weighted by Crippen LogP contribution is -2.00. The summed E-state index contributed by atoms with van der Waals surface area (Å²) in [6.45, 7) is 0. The van der Waals surface area contributed by atoms with E-state index in [1.807, 2.05) is 52.7 Å². The van der Waals surface area contributed by atoms with Gasteiger partial charge in [0.25, 0.3) is 0 Å². The highest BCUT2D eigenvalue weighted by atomic mass is 16.4. The number of anilines is 2. The van der Waals surface area contributed by atoms with Gasteiger partial charge in [0, 0.05) is 36.9 Å². The molecule has 3 aromatic heterocycles. The minimum atomic E-state index is 0.752. The molecule has 7 nitrogen and oxygen atoms in total. The van der Waals surface area contributed by atoms with Crippen LogP contribution in [-0.2, 0) is 13.5 Å². The molecule has 0 atom stereocenters. The number of aromatic nitrogens is 4.